The van der Waals surface area contributed by atoms with E-state index in [0.29, 0.717) is 0 Å². The van der Waals surface area contributed by atoms with Gasteiger partial charge in [-0.15, -0.1) is 0 Å². The molecule has 0 atom stereocenters. The number of benzene rings is 1. The van der Waals surface area contributed by atoms with Crippen molar-refractivity contribution in [2.24, 2.45) is 0 Å². The molecule has 0 spiro atoms. The van der Waals surface area contributed by atoms with Crippen molar-refractivity contribution in [3.8, 4) is 0 Å². The van der Waals surface area contributed by atoms with Gasteiger partial charge in [0.2, 0.25) is 0 Å². The van der Waals surface area contributed by atoms with Crippen LogP contribution in [0.2, 0.25) is 0 Å². The fourth-order valence-electron chi connectivity index (χ4n) is 3.52. The Morgan fingerprint density at radius 3 is 2.87 bits per heavy atom. The summed E-state index contributed by atoms with van der Waals surface area (Å²) in [6.07, 6.45) is 2.03. The van der Waals surface area contributed by atoms with Gasteiger partial charge in [-0.05, 0) is 49.1 Å². The summed E-state index contributed by atoms with van der Waals surface area (Å²) in [7, 11) is 0. The van der Waals surface area contributed by atoms with Gasteiger partial charge in [-0.3, -0.25) is 0 Å². The zero-order valence-corrected chi connectivity index (χ0v) is 14.0. The second kappa shape index (κ2) is 5.37. The molecule has 3 heterocycles. The van der Waals surface area contributed by atoms with Gasteiger partial charge in [0.15, 0.2) is 5.65 Å². The van der Waals surface area contributed by atoms with Crippen LogP contribution in [-0.2, 0) is 19.4 Å². The molecule has 0 radical (unpaired) electrons. The van der Waals surface area contributed by atoms with Crippen LogP contribution in [-0.4, -0.2) is 21.1 Å². The molecule has 4 heteroatoms. The first kappa shape index (κ1) is 14.2. The normalized spacial score (nSPS) is 13.3. The summed E-state index contributed by atoms with van der Waals surface area (Å²) >= 11 is 0. The summed E-state index contributed by atoms with van der Waals surface area (Å²) in [5.74, 6) is 1.11. The maximum atomic E-state index is 4.83. The molecule has 4 nitrogen and oxygen atoms in total. The Balaban J connectivity index is 1.81. The first-order valence-electron chi connectivity index (χ1n) is 8.34. The summed E-state index contributed by atoms with van der Waals surface area (Å²) in [6.45, 7) is 8.22. The molecule has 0 amide bonds. The monoisotopic (exact) mass is 306 g/mol. The lowest BCUT2D eigenvalue weighted by molar-refractivity contribution is 0.745. The SMILES string of the molecule is CCc1nc2c(C)cc(C)nc2n1Cc1ccc2c(c1)CCN2. The Hall–Kier alpha value is -2.36. The van der Waals surface area contributed by atoms with E-state index < -0.39 is 0 Å². The van der Waals surface area contributed by atoms with Crippen LogP contribution in [0.4, 0.5) is 5.69 Å². The van der Waals surface area contributed by atoms with E-state index in [1.54, 1.807) is 0 Å². The number of nitrogens with zero attached hydrogens (tertiary/aromatic N) is 3. The Morgan fingerprint density at radius 2 is 2.04 bits per heavy atom. The maximum absolute atomic E-state index is 4.83. The topological polar surface area (TPSA) is 42.7 Å². The average Bonchev–Trinajstić information content (AvgIpc) is 3.12. The second-order valence-electron chi connectivity index (χ2n) is 6.39. The molecule has 1 aliphatic heterocycles. The molecule has 0 saturated heterocycles. The predicted molar refractivity (Wildman–Crippen MR) is 94.1 cm³/mol. The molecule has 1 aliphatic rings. The van der Waals surface area contributed by atoms with Crippen molar-refractivity contribution < 1.29 is 0 Å². The molecule has 3 aromatic rings. The third kappa shape index (κ3) is 2.38. The molecule has 0 saturated carbocycles. The summed E-state index contributed by atoms with van der Waals surface area (Å²) in [5.41, 5.74) is 8.33. The van der Waals surface area contributed by atoms with Gasteiger partial charge in [-0.25, -0.2) is 9.97 Å². The minimum atomic E-state index is 0.836. The molecular weight excluding hydrogens is 284 g/mol. The van der Waals surface area contributed by atoms with Crippen molar-refractivity contribution >= 4 is 16.9 Å². The number of aromatic nitrogens is 3. The molecule has 118 valence electrons. The Bertz CT molecular complexity index is 892. The van der Waals surface area contributed by atoms with Gasteiger partial charge in [0.25, 0.3) is 0 Å². The van der Waals surface area contributed by atoms with Crippen molar-refractivity contribution in [3.05, 3.63) is 52.5 Å². The molecule has 0 aliphatic carbocycles. The molecule has 0 bridgehead atoms. The van der Waals surface area contributed by atoms with Crippen LogP contribution in [0.3, 0.4) is 0 Å². The predicted octanol–water partition coefficient (Wildman–Crippen LogP) is 3.63. The highest BCUT2D eigenvalue weighted by atomic mass is 15.1. The summed E-state index contributed by atoms with van der Waals surface area (Å²) in [6, 6.07) is 8.85. The lowest BCUT2D eigenvalue weighted by Gasteiger charge is -2.10. The van der Waals surface area contributed by atoms with Gasteiger partial charge in [0.05, 0.1) is 6.54 Å². The van der Waals surface area contributed by atoms with Crippen LogP contribution >= 0.6 is 0 Å². The van der Waals surface area contributed by atoms with Crippen LogP contribution in [0, 0.1) is 13.8 Å². The van der Waals surface area contributed by atoms with Crippen molar-refractivity contribution in [3.63, 3.8) is 0 Å². The first-order valence-corrected chi connectivity index (χ1v) is 8.34. The fourth-order valence-corrected chi connectivity index (χ4v) is 3.52. The minimum Gasteiger partial charge on any atom is -0.384 e. The number of nitrogens with one attached hydrogen (secondary N) is 1. The maximum Gasteiger partial charge on any atom is 0.160 e. The van der Waals surface area contributed by atoms with Crippen molar-refractivity contribution in [2.75, 3.05) is 11.9 Å². The van der Waals surface area contributed by atoms with Crippen molar-refractivity contribution in [1.29, 1.82) is 0 Å². The van der Waals surface area contributed by atoms with Gasteiger partial charge < -0.3 is 9.88 Å². The summed E-state index contributed by atoms with van der Waals surface area (Å²) in [4.78, 5) is 9.59. The molecule has 4 rings (SSSR count). The Morgan fingerprint density at radius 1 is 1.17 bits per heavy atom. The molecule has 1 aromatic carbocycles. The molecule has 1 N–H and O–H groups in total. The van der Waals surface area contributed by atoms with E-state index in [4.69, 9.17) is 9.97 Å². The lowest BCUT2D eigenvalue weighted by atomic mass is 10.1. The van der Waals surface area contributed by atoms with E-state index in [1.807, 2.05) is 0 Å². The number of anilines is 1. The lowest BCUT2D eigenvalue weighted by Crippen LogP contribution is -2.06. The van der Waals surface area contributed by atoms with Gasteiger partial charge >= 0.3 is 0 Å². The van der Waals surface area contributed by atoms with E-state index in [2.05, 4.69) is 54.9 Å². The van der Waals surface area contributed by atoms with E-state index >= 15 is 0 Å². The van der Waals surface area contributed by atoms with E-state index in [9.17, 15) is 0 Å². The molecule has 0 fully saturated rings. The number of imidazole rings is 1. The third-order valence-corrected chi connectivity index (χ3v) is 4.64. The zero-order chi connectivity index (χ0) is 16.0. The highest BCUT2D eigenvalue weighted by Crippen LogP contribution is 2.25. The quantitative estimate of drug-likeness (QED) is 0.803. The third-order valence-electron chi connectivity index (χ3n) is 4.64. The first-order chi connectivity index (χ1) is 11.2. The Kier molecular flexibility index (Phi) is 3.33. The van der Waals surface area contributed by atoms with E-state index in [1.165, 1.54) is 22.4 Å². The molecule has 0 unspecified atom stereocenters. The number of pyridine rings is 1. The Labute approximate surface area is 136 Å². The standard InChI is InChI=1S/C19H22N4/c1-4-17-22-18-12(2)9-13(3)21-19(18)23(17)11-14-5-6-16-15(10-14)7-8-20-16/h5-6,9-10,20H,4,7-8,11H2,1-3H3. The van der Waals surface area contributed by atoms with E-state index in [-0.39, 0.29) is 0 Å². The van der Waals surface area contributed by atoms with Crippen molar-refractivity contribution in [1.82, 2.24) is 14.5 Å². The van der Waals surface area contributed by atoms with Crippen LogP contribution in [0.1, 0.15) is 35.1 Å². The number of rotatable bonds is 3. The molecule has 2 aromatic heterocycles. The second-order valence-corrected chi connectivity index (χ2v) is 6.39. The fraction of sp³-hybridized carbons (Fsp3) is 0.368. The van der Waals surface area contributed by atoms with Crippen LogP contribution in [0.25, 0.3) is 11.2 Å². The van der Waals surface area contributed by atoms with E-state index in [0.717, 1.165) is 48.6 Å². The number of hydrogen-bond acceptors (Lipinski definition) is 3. The zero-order valence-electron chi connectivity index (χ0n) is 14.0. The van der Waals surface area contributed by atoms with Crippen LogP contribution in [0.5, 0.6) is 0 Å². The largest absolute Gasteiger partial charge is 0.384 e. The van der Waals surface area contributed by atoms with Gasteiger partial charge in [0.1, 0.15) is 11.3 Å². The minimum absolute atomic E-state index is 0.836. The molecule has 23 heavy (non-hydrogen) atoms. The average molecular weight is 306 g/mol. The van der Waals surface area contributed by atoms with Gasteiger partial charge in [-0.2, -0.15) is 0 Å². The van der Waals surface area contributed by atoms with Gasteiger partial charge in [-0.1, -0.05) is 19.1 Å². The number of hydrogen-bond donors (Lipinski definition) is 1. The van der Waals surface area contributed by atoms with Crippen LogP contribution < -0.4 is 5.32 Å². The summed E-state index contributed by atoms with van der Waals surface area (Å²) in [5, 5.41) is 3.42. The smallest absolute Gasteiger partial charge is 0.160 e. The summed E-state index contributed by atoms with van der Waals surface area (Å²) < 4.78 is 2.28. The number of aryl methyl sites for hydroxylation is 3. The highest BCUT2D eigenvalue weighted by Gasteiger charge is 2.15. The van der Waals surface area contributed by atoms with Gasteiger partial charge in [0, 0.05) is 24.3 Å². The molecular formula is C19H22N4. The van der Waals surface area contributed by atoms with Crippen LogP contribution in [0.15, 0.2) is 24.3 Å². The highest BCUT2D eigenvalue weighted by molar-refractivity contribution is 5.76. The van der Waals surface area contributed by atoms with Crippen molar-refractivity contribution in [2.45, 2.75) is 40.2 Å². The number of fused-ring (bicyclic) bond motifs is 2.